The van der Waals surface area contributed by atoms with Gasteiger partial charge in [0, 0.05) is 6.42 Å². The maximum Gasteiger partial charge on any atom is 0.408 e. The molecule has 8 nitrogen and oxygen atoms in total. The van der Waals surface area contributed by atoms with Gasteiger partial charge in [0.1, 0.15) is 11.2 Å². The number of nitrogens with one attached hydrogen (secondary N) is 2. The van der Waals surface area contributed by atoms with E-state index >= 15 is 0 Å². The Morgan fingerprint density at radius 3 is 2.25 bits per heavy atom. The Morgan fingerprint density at radius 1 is 1.21 bits per heavy atom. The van der Waals surface area contributed by atoms with Gasteiger partial charge in [-0.25, -0.2) is 9.59 Å². The van der Waals surface area contributed by atoms with E-state index in [9.17, 15) is 19.2 Å². The summed E-state index contributed by atoms with van der Waals surface area (Å²) in [5.74, 6) is -2.19. The summed E-state index contributed by atoms with van der Waals surface area (Å²) >= 11 is 0. The van der Waals surface area contributed by atoms with E-state index < -0.39 is 46.5 Å². The number of hydrogen-bond acceptors (Lipinski definition) is 6. The Morgan fingerprint density at radius 2 is 1.79 bits per heavy atom. The molecule has 0 saturated carbocycles. The quantitative estimate of drug-likeness (QED) is 0.388. The fourth-order valence-corrected chi connectivity index (χ4v) is 3.26. The third-order valence-corrected chi connectivity index (χ3v) is 4.02. The first-order chi connectivity index (χ1) is 12.6. The van der Waals surface area contributed by atoms with E-state index in [0.29, 0.717) is 6.42 Å². The van der Waals surface area contributed by atoms with Crippen LogP contribution in [0.25, 0.3) is 0 Å². The molecular weight excluding hydrogens is 364 g/mol. The molecule has 0 aromatic heterocycles. The minimum Gasteiger partial charge on any atom is -0.458 e. The predicted octanol–water partition coefficient (Wildman–Crippen LogP) is 2.26. The lowest BCUT2D eigenvalue weighted by molar-refractivity contribution is -0.161. The van der Waals surface area contributed by atoms with Crippen molar-refractivity contribution in [2.24, 2.45) is 5.92 Å². The molecule has 0 aromatic carbocycles. The van der Waals surface area contributed by atoms with Gasteiger partial charge in [-0.1, -0.05) is 19.9 Å². The first kappa shape index (κ1) is 23.7. The summed E-state index contributed by atoms with van der Waals surface area (Å²) in [6.07, 6.45) is 0.787. The molecule has 1 saturated heterocycles. The molecule has 0 unspecified atom stereocenters. The van der Waals surface area contributed by atoms with E-state index in [1.807, 2.05) is 13.8 Å². The molecule has 158 valence electrons. The van der Waals surface area contributed by atoms with Crippen LogP contribution < -0.4 is 10.6 Å². The second-order valence-corrected chi connectivity index (χ2v) is 9.07. The molecule has 1 aliphatic heterocycles. The van der Waals surface area contributed by atoms with Crippen LogP contribution in [0.4, 0.5) is 4.79 Å². The molecular formula is C20H32N2O6. The number of amides is 2. The molecule has 0 aliphatic carbocycles. The Bertz CT molecular complexity index is 662. The van der Waals surface area contributed by atoms with Gasteiger partial charge >= 0.3 is 12.1 Å². The van der Waals surface area contributed by atoms with Gasteiger partial charge < -0.3 is 14.8 Å². The maximum atomic E-state index is 13.0. The van der Waals surface area contributed by atoms with Crippen LogP contribution in [0.1, 0.15) is 61.3 Å². The second kappa shape index (κ2) is 8.32. The highest BCUT2D eigenvalue weighted by molar-refractivity contribution is 6.26. The zero-order valence-electron chi connectivity index (χ0n) is 17.8. The number of Topliss-reactive ketones (excluding diaryl/α,β-unsaturated/α-hetero) is 1. The number of carbonyl (C=O) groups is 4. The largest absolute Gasteiger partial charge is 0.458 e. The summed E-state index contributed by atoms with van der Waals surface area (Å²) in [6, 6.07) is -1.51. The van der Waals surface area contributed by atoms with Gasteiger partial charge in [0.25, 0.3) is 5.91 Å². The third kappa shape index (κ3) is 5.81. The van der Waals surface area contributed by atoms with Gasteiger partial charge in [0.15, 0.2) is 11.6 Å². The van der Waals surface area contributed by atoms with Crippen molar-refractivity contribution in [3.05, 3.63) is 12.7 Å². The summed E-state index contributed by atoms with van der Waals surface area (Å²) in [5.41, 5.74) is -3.59. The maximum absolute atomic E-state index is 13.0. The van der Waals surface area contributed by atoms with E-state index in [2.05, 4.69) is 17.2 Å². The SMILES string of the molecule is C=CC[C@@]1(NC(=O)OC(C)(C)C)C(=O)N[C@@H](C(=O)OC(C)(C)CC(C)C)C1=O. The van der Waals surface area contributed by atoms with E-state index in [4.69, 9.17) is 9.47 Å². The van der Waals surface area contributed by atoms with Gasteiger partial charge in [-0.3, -0.25) is 14.9 Å². The van der Waals surface area contributed by atoms with Gasteiger partial charge in [-0.2, -0.15) is 0 Å². The van der Waals surface area contributed by atoms with Crippen molar-refractivity contribution in [3.8, 4) is 0 Å². The van der Waals surface area contributed by atoms with E-state index in [-0.39, 0.29) is 12.3 Å². The van der Waals surface area contributed by atoms with Crippen molar-refractivity contribution in [2.45, 2.75) is 84.1 Å². The smallest absolute Gasteiger partial charge is 0.408 e. The number of carbonyl (C=O) groups excluding carboxylic acids is 4. The van der Waals surface area contributed by atoms with Crippen molar-refractivity contribution >= 4 is 23.8 Å². The Balaban J connectivity index is 3.05. The van der Waals surface area contributed by atoms with Gasteiger partial charge in [0.05, 0.1) is 0 Å². The summed E-state index contributed by atoms with van der Waals surface area (Å²) in [4.78, 5) is 50.3. The zero-order chi connectivity index (χ0) is 21.9. The first-order valence-electron chi connectivity index (χ1n) is 9.34. The molecule has 1 rings (SSSR count). The van der Waals surface area contributed by atoms with Crippen LogP contribution in [0.15, 0.2) is 12.7 Å². The van der Waals surface area contributed by atoms with Crippen molar-refractivity contribution in [1.29, 1.82) is 0 Å². The van der Waals surface area contributed by atoms with Gasteiger partial charge in [-0.15, -0.1) is 6.58 Å². The Labute approximate surface area is 166 Å². The van der Waals surface area contributed by atoms with Crippen LogP contribution in [-0.2, 0) is 23.9 Å². The van der Waals surface area contributed by atoms with Crippen LogP contribution in [0, 0.1) is 5.92 Å². The summed E-state index contributed by atoms with van der Waals surface area (Å²) < 4.78 is 10.6. The minimum absolute atomic E-state index is 0.184. The van der Waals surface area contributed by atoms with Gasteiger partial charge in [0.2, 0.25) is 5.78 Å². The van der Waals surface area contributed by atoms with E-state index in [1.54, 1.807) is 34.6 Å². The van der Waals surface area contributed by atoms with Crippen LogP contribution in [-0.4, -0.2) is 46.5 Å². The van der Waals surface area contributed by atoms with Crippen LogP contribution >= 0.6 is 0 Å². The topological polar surface area (TPSA) is 111 Å². The summed E-state index contributed by atoms with van der Waals surface area (Å²) in [5, 5.41) is 4.67. The monoisotopic (exact) mass is 396 g/mol. The van der Waals surface area contributed by atoms with E-state index in [1.165, 1.54) is 6.08 Å². The molecule has 2 amide bonds. The van der Waals surface area contributed by atoms with Crippen molar-refractivity contribution in [3.63, 3.8) is 0 Å². The van der Waals surface area contributed by atoms with Crippen LogP contribution in [0.5, 0.6) is 0 Å². The average Bonchev–Trinajstić information content (AvgIpc) is 2.68. The zero-order valence-corrected chi connectivity index (χ0v) is 17.8. The molecule has 1 aliphatic rings. The number of hydrogen-bond donors (Lipinski definition) is 2. The predicted molar refractivity (Wildman–Crippen MR) is 103 cm³/mol. The molecule has 0 radical (unpaired) electrons. The number of alkyl carbamates (subject to hydrolysis) is 1. The normalized spacial score (nSPS) is 22.6. The highest BCUT2D eigenvalue weighted by Crippen LogP contribution is 2.26. The Kier molecular flexibility index (Phi) is 7.03. The number of esters is 1. The standard InChI is InChI=1S/C20H32N2O6/c1-9-10-20(22-17(26)28-18(4,5)6)14(23)13(21-16(20)25)15(24)27-19(7,8)11-12(2)3/h9,12-13H,1,10-11H2,2-8H3,(H,21,25)(H,22,26)/t13-,20+/m1/s1. The van der Waals surface area contributed by atoms with Crippen LogP contribution in [0.2, 0.25) is 0 Å². The highest BCUT2D eigenvalue weighted by Gasteiger charge is 2.58. The third-order valence-electron chi connectivity index (χ3n) is 4.02. The van der Waals surface area contributed by atoms with Crippen LogP contribution in [0.3, 0.4) is 0 Å². The molecule has 0 aromatic rings. The number of ether oxygens (including phenoxy) is 2. The molecule has 8 heteroatoms. The lowest BCUT2D eigenvalue weighted by atomic mass is 9.89. The lowest BCUT2D eigenvalue weighted by Crippen LogP contribution is -2.59. The molecule has 0 bridgehead atoms. The average molecular weight is 396 g/mol. The van der Waals surface area contributed by atoms with Crippen molar-refractivity contribution in [2.75, 3.05) is 0 Å². The Hall–Kier alpha value is -2.38. The summed E-state index contributed by atoms with van der Waals surface area (Å²) in [7, 11) is 0. The van der Waals surface area contributed by atoms with Crippen molar-refractivity contribution in [1.82, 2.24) is 10.6 Å². The minimum atomic E-state index is -1.96. The number of rotatable bonds is 7. The second-order valence-electron chi connectivity index (χ2n) is 9.07. The highest BCUT2D eigenvalue weighted by atomic mass is 16.6. The first-order valence-corrected chi connectivity index (χ1v) is 9.34. The summed E-state index contributed by atoms with van der Waals surface area (Å²) in [6.45, 7) is 15.9. The molecule has 2 atom stereocenters. The molecule has 1 heterocycles. The van der Waals surface area contributed by atoms with Crippen molar-refractivity contribution < 1.29 is 28.7 Å². The van der Waals surface area contributed by atoms with Gasteiger partial charge in [-0.05, 0) is 47.0 Å². The number of ketones is 1. The fraction of sp³-hybridized carbons (Fsp3) is 0.700. The molecule has 1 fully saturated rings. The molecule has 2 N–H and O–H groups in total. The lowest BCUT2D eigenvalue weighted by Gasteiger charge is -2.29. The fourth-order valence-electron chi connectivity index (χ4n) is 3.26. The van der Waals surface area contributed by atoms with E-state index in [0.717, 1.165) is 0 Å². The molecule has 28 heavy (non-hydrogen) atoms. The molecule has 0 spiro atoms.